The number of thioether (sulfide) groups is 1. The van der Waals surface area contributed by atoms with Crippen molar-refractivity contribution in [1.29, 1.82) is 0 Å². The lowest BCUT2D eigenvalue weighted by molar-refractivity contribution is -0.0157. The van der Waals surface area contributed by atoms with Crippen LogP contribution < -0.4 is 5.32 Å². The van der Waals surface area contributed by atoms with Crippen LogP contribution in [-0.4, -0.2) is 91.5 Å². The van der Waals surface area contributed by atoms with Crippen molar-refractivity contribution in [2.24, 2.45) is 0 Å². The summed E-state index contributed by atoms with van der Waals surface area (Å²) in [7, 11) is 0. The van der Waals surface area contributed by atoms with Crippen LogP contribution in [0, 0.1) is 0 Å². The monoisotopic (exact) mass is 329 g/mol. The van der Waals surface area contributed by atoms with Gasteiger partial charge in [0.05, 0.1) is 25.9 Å². The quantitative estimate of drug-likeness (QED) is 0.823. The van der Waals surface area contributed by atoms with Crippen LogP contribution in [0.25, 0.3) is 0 Å². The topological polar surface area (TPSA) is 54.0 Å². The van der Waals surface area contributed by atoms with Crippen molar-refractivity contribution in [2.75, 3.05) is 64.1 Å². The normalized spacial score (nSPS) is 33.9. The minimum absolute atomic E-state index is 0.0553. The van der Waals surface area contributed by atoms with Crippen molar-refractivity contribution in [2.45, 2.75) is 25.0 Å². The first-order valence-electron chi connectivity index (χ1n) is 8.25. The first kappa shape index (κ1) is 16.4. The Morgan fingerprint density at radius 3 is 2.82 bits per heavy atom. The molecule has 3 aliphatic rings. The molecule has 2 unspecified atom stereocenters. The number of carbonyl (C=O) groups excluding carboxylic acids is 1. The smallest absolute Gasteiger partial charge is 0.317 e. The van der Waals surface area contributed by atoms with E-state index in [-0.39, 0.29) is 17.7 Å². The van der Waals surface area contributed by atoms with Gasteiger partial charge >= 0.3 is 6.03 Å². The first-order valence-corrected chi connectivity index (χ1v) is 9.40. The molecule has 0 spiro atoms. The van der Waals surface area contributed by atoms with E-state index in [0.717, 1.165) is 45.0 Å². The Kier molecular flexibility index (Phi) is 5.49. The number of rotatable bonds is 3. The fourth-order valence-corrected chi connectivity index (χ4v) is 4.97. The highest BCUT2D eigenvalue weighted by molar-refractivity contribution is 7.99. The van der Waals surface area contributed by atoms with Gasteiger partial charge in [-0.3, -0.25) is 4.90 Å². The van der Waals surface area contributed by atoms with Gasteiger partial charge in [0.2, 0.25) is 0 Å². The number of amides is 2. The van der Waals surface area contributed by atoms with Crippen molar-refractivity contribution >= 4 is 17.8 Å². The largest absolute Gasteiger partial charge is 0.379 e. The van der Waals surface area contributed by atoms with Crippen LogP contribution in [0.5, 0.6) is 0 Å². The third-order valence-electron chi connectivity index (χ3n) is 4.86. The van der Waals surface area contributed by atoms with E-state index >= 15 is 0 Å². The summed E-state index contributed by atoms with van der Waals surface area (Å²) in [5, 5.41) is 3.19. The van der Waals surface area contributed by atoms with Crippen molar-refractivity contribution in [1.82, 2.24) is 15.1 Å². The molecule has 22 heavy (non-hydrogen) atoms. The highest BCUT2D eigenvalue weighted by atomic mass is 32.2. The highest BCUT2D eigenvalue weighted by Crippen LogP contribution is 2.33. The molecule has 0 aliphatic carbocycles. The Morgan fingerprint density at radius 1 is 1.32 bits per heavy atom. The average molecular weight is 329 g/mol. The van der Waals surface area contributed by atoms with Gasteiger partial charge < -0.3 is 19.7 Å². The molecule has 0 saturated carbocycles. The molecule has 7 heteroatoms. The molecule has 3 rings (SSSR count). The minimum atomic E-state index is 0.0553. The van der Waals surface area contributed by atoms with Gasteiger partial charge in [0.25, 0.3) is 0 Å². The summed E-state index contributed by atoms with van der Waals surface area (Å²) < 4.78 is 11.0. The Bertz CT molecular complexity index is 384. The second kappa shape index (κ2) is 7.38. The van der Waals surface area contributed by atoms with Crippen LogP contribution in [0.4, 0.5) is 4.79 Å². The molecule has 0 bridgehead atoms. The molecule has 2 amide bonds. The molecule has 2 atom stereocenters. The fraction of sp³-hybridized carbons (Fsp3) is 0.933. The van der Waals surface area contributed by atoms with Crippen LogP contribution in [0.2, 0.25) is 0 Å². The second-order valence-electron chi connectivity index (χ2n) is 6.41. The molecular weight excluding hydrogens is 302 g/mol. The molecule has 3 saturated heterocycles. The van der Waals surface area contributed by atoms with Gasteiger partial charge in [0.1, 0.15) is 0 Å². The SMILES string of the molecule is CC1CN(C(=O)NCC2(N3CCOCC3)CCSC2)CCO1. The second-order valence-corrected chi connectivity index (χ2v) is 7.52. The zero-order chi connectivity index (χ0) is 15.4. The molecular formula is C15H27N3O3S. The summed E-state index contributed by atoms with van der Waals surface area (Å²) in [6.07, 6.45) is 1.28. The van der Waals surface area contributed by atoms with E-state index in [4.69, 9.17) is 9.47 Å². The van der Waals surface area contributed by atoms with E-state index in [9.17, 15) is 4.79 Å². The van der Waals surface area contributed by atoms with Gasteiger partial charge in [-0.05, 0) is 19.1 Å². The number of nitrogens with zero attached hydrogens (tertiary/aromatic N) is 2. The van der Waals surface area contributed by atoms with E-state index in [1.54, 1.807) is 0 Å². The molecule has 0 aromatic heterocycles. The van der Waals surface area contributed by atoms with Gasteiger partial charge in [0, 0.05) is 44.0 Å². The lowest BCUT2D eigenvalue weighted by atomic mass is 9.95. The Labute approximate surface area is 136 Å². The summed E-state index contributed by atoms with van der Waals surface area (Å²) in [6.45, 7) is 8.34. The molecule has 1 N–H and O–H groups in total. The predicted molar refractivity (Wildman–Crippen MR) is 87.5 cm³/mol. The number of ether oxygens (including phenoxy) is 2. The van der Waals surface area contributed by atoms with Crippen LogP contribution in [0.1, 0.15) is 13.3 Å². The van der Waals surface area contributed by atoms with E-state index < -0.39 is 0 Å². The Morgan fingerprint density at radius 2 is 2.14 bits per heavy atom. The van der Waals surface area contributed by atoms with Crippen LogP contribution in [0.3, 0.4) is 0 Å². The van der Waals surface area contributed by atoms with E-state index in [1.165, 1.54) is 5.75 Å². The van der Waals surface area contributed by atoms with Crippen LogP contribution in [-0.2, 0) is 9.47 Å². The molecule has 3 aliphatic heterocycles. The van der Waals surface area contributed by atoms with Gasteiger partial charge in [-0.25, -0.2) is 4.79 Å². The van der Waals surface area contributed by atoms with Gasteiger partial charge in [-0.1, -0.05) is 0 Å². The van der Waals surface area contributed by atoms with Gasteiger partial charge in [-0.15, -0.1) is 0 Å². The number of hydrogen-bond donors (Lipinski definition) is 1. The average Bonchev–Trinajstić information content (AvgIpc) is 3.04. The Balaban J connectivity index is 1.56. The van der Waals surface area contributed by atoms with E-state index in [2.05, 4.69) is 10.2 Å². The molecule has 6 nitrogen and oxygen atoms in total. The molecule has 3 heterocycles. The van der Waals surface area contributed by atoms with Gasteiger partial charge in [-0.2, -0.15) is 11.8 Å². The maximum absolute atomic E-state index is 12.4. The van der Waals surface area contributed by atoms with Crippen LogP contribution >= 0.6 is 11.8 Å². The van der Waals surface area contributed by atoms with Crippen molar-refractivity contribution < 1.29 is 14.3 Å². The number of nitrogens with one attached hydrogen (secondary N) is 1. The third-order valence-corrected chi connectivity index (χ3v) is 6.10. The van der Waals surface area contributed by atoms with Gasteiger partial charge in [0.15, 0.2) is 0 Å². The third kappa shape index (κ3) is 3.69. The molecule has 3 fully saturated rings. The number of urea groups is 1. The van der Waals surface area contributed by atoms with Crippen molar-refractivity contribution in [3.05, 3.63) is 0 Å². The fourth-order valence-electron chi connectivity index (χ4n) is 3.49. The maximum Gasteiger partial charge on any atom is 0.317 e. The van der Waals surface area contributed by atoms with E-state index in [0.29, 0.717) is 19.7 Å². The highest BCUT2D eigenvalue weighted by Gasteiger charge is 2.41. The minimum Gasteiger partial charge on any atom is -0.379 e. The number of morpholine rings is 2. The molecule has 0 radical (unpaired) electrons. The molecule has 0 aromatic carbocycles. The lowest BCUT2D eigenvalue weighted by Crippen LogP contribution is -2.60. The van der Waals surface area contributed by atoms with Crippen LogP contribution in [0.15, 0.2) is 0 Å². The molecule has 126 valence electrons. The summed E-state index contributed by atoms with van der Waals surface area (Å²) in [6, 6.07) is 0.0553. The summed E-state index contributed by atoms with van der Waals surface area (Å²) >= 11 is 1.99. The first-order chi connectivity index (χ1) is 10.7. The lowest BCUT2D eigenvalue weighted by Gasteiger charge is -2.43. The predicted octanol–water partition coefficient (Wildman–Crippen LogP) is 0.625. The number of hydrogen-bond acceptors (Lipinski definition) is 5. The zero-order valence-corrected chi connectivity index (χ0v) is 14.2. The van der Waals surface area contributed by atoms with Crippen molar-refractivity contribution in [3.8, 4) is 0 Å². The van der Waals surface area contributed by atoms with E-state index in [1.807, 2.05) is 23.6 Å². The zero-order valence-electron chi connectivity index (χ0n) is 13.4. The number of carbonyl (C=O) groups is 1. The standard InChI is InChI=1S/C15H27N3O3S/c1-13-10-17(3-8-21-13)14(19)16-11-15(2-9-22-12-15)18-4-6-20-7-5-18/h13H,2-12H2,1H3,(H,16,19). The van der Waals surface area contributed by atoms with Crippen molar-refractivity contribution in [3.63, 3.8) is 0 Å². The molecule has 0 aromatic rings. The Hall–Kier alpha value is -0.500. The summed E-state index contributed by atoms with van der Waals surface area (Å²) in [5.74, 6) is 2.29. The maximum atomic E-state index is 12.4. The summed E-state index contributed by atoms with van der Waals surface area (Å²) in [5.41, 5.74) is 0.113. The summed E-state index contributed by atoms with van der Waals surface area (Å²) in [4.78, 5) is 16.8.